The van der Waals surface area contributed by atoms with Crippen LogP contribution in [0.1, 0.15) is 25.0 Å². The fraction of sp³-hybridized carbons (Fsp3) is 0.600. The normalized spacial score (nSPS) is 16.3. The Kier molecular flexibility index (Phi) is 3.19. The molecule has 1 aliphatic heterocycles. The molecule has 88 valence electrons. The van der Waals surface area contributed by atoms with Crippen molar-refractivity contribution in [3.05, 3.63) is 11.5 Å². The van der Waals surface area contributed by atoms with Gasteiger partial charge in [0.1, 0.15) is 0 Å². The molecule has 0 spiro atoms. The van der Waals surface area contributed by atoms with Crippen molar-refractivity contribution in [2.24, 2.45) is 5.84 Å². The maximum atomic E-state index is 13.5. The summed E-state index contributed by atoms with van der Waals surface area (Å²) >= 11 is 0. The Morgan fingerprint density at radius 1 is 1.25 bits per heavy atom. The molecular weight excluding hydrogens is 209 g/mol. The predicted molar refractivity (Wildman–Crippen MR) is 60.6 cm³/mol. The molecule has 0 radical (unpaired) electrons. The van der Waals surface area contributed by atoms with Gasteiger partial charge in [-0.25, -0.2) is 15.2 Å². The number of nitrogens with zero attached hydrogens (tertiary/aromatic N) is 3. The molecule has 0 aromatic carbocycles. The van der Waals surface area contributed by atoms with Gasteiger partial charge in [0.2, 0.25) is 5.95 Å². The van der Waals surface area contributed by atoms with Gasteiger partial charge in [-0.3, -0.25) is 0 Å². The van der Waals surface area contributed by atoms with E-state index in [9.17, 15) is 4.39 Å². The van der Waals surface area contributed by atoms with E-state index in [-0.39, 0.29) is 5.82 Å². The third kappa shape index (κ3) is 2.06. The van der Waals surface area contributed by atoms with Crippen LogP contribution in [0.5, 0.6) is 0 Å². The molecule has 5 nitrogen and oxygen atoms in total. The van der Waals surface area contributed by atoms with Crippen molar-refractivity contribution in [2.75, 3.05) is 23.4 Å². The van der Waals surface area contributed by atoms with E-state index in [2.05, 4.69) is 20.3 Å². The summed E-state index contributed by atoms with van der Waals surface area (Å²) in [6, 6.07) is 0. The lowest BCUT2D eigenvalue weighted by Gasteiger charge is -2.27. The van der Waals surface area contributed by atoms with Gasteiger partial charge in [-0.15, -0.1) is 0 Å². The first-order valence-corrected chi connectivity index (χ1v) is 5.48. The van der Waals surface area contributed by atoms with Gasteiger partial charge in [-0.2, -0.15) is 4.98 Å². The second-order valence-electron chi connectivity index (χ2n) is 3.96. The molecule has 0 bridgehead atoms. The number of nitrogen functional groups attached to an aromatic ring is 1. The van der Waals surface area contributed by atoms with Crippen molar-refractivity contribution in [2.45, 2.75) is 26.2 Å². The minimum Gasteiger partial charge on any atom is -0.341 e. The summed E-state index contributed by atoms with van der Waals surface area (Å²) in [6.07, 6.45) is 3.50. The third-order valence-corrected chi connectivity index (χ3v) is 2.78. The van der Waals surface area contributed by atoms with E-state index >= 15 is 0 Å². The number of anilines is 2. The van der Waals surface area contributed by atoms with Crippen LogP contribution in [0, 0.1) is 12.7 Å². The number of aryl methyl sites for hydroxylation is 1. The topological polar surface area (TPSA) is 67.1 Å². The van der Waals surface area contributed by atoms with Crippen LogP contribution in [0.15, 0.2) is 0 Å². The SMILES string of the molecule is Cc1nc(N2CCCCC2)nc(NN)c1F. The first kappa shape index (κ1) is 11.1. The zero-order valence-electron chi connectivity index (χ0n) is 9.33. The van der Waals surface area contributed by atoms with Crippen molar-refractivity contribution in [1.29, 1.82) is 0 Å². The van der Waals surface area contributed by atoms with Crippen LogP contribution in [-0.4, -0.2) is 23.1 Å². The number of piperidine rings is 1. The Bertz CT molecular complexity index is 376. The van der Waals surface area contributed by atoms with E-state index < -0.39 is 5.82 Å². The van der Waals surface area contributed by atoms with Crippen LogP contribution >= 0.6 is 0 Å². The fourth-order valence-electron chi connectivity index (χ4n) is 1.88. The molecule has 0 atom stereocenters. The quantitative estimate of drug-likeness (QED) is 0.584. The number of hydrogen-bond donors (Lipinski definition) is 2. The van der Waals surface area contributed by atoms with Crippen LogP contribution in [0.4, 0.5) is 16.2 Å². The molecule has 6 heteroatoms. The number of halogens is 1. The zero-order valence-corrected chi connectivity index (χ0v) is 9.33. The van der Waals surface area contributed by atoms with E-state index in [1.54, 1.807) is 6.92 Å². The summed E-state index contributed by atoms with van der Waals surface area (Å²) in [5.41, 5.74) is 2.59. The summed E-state index contributed by atoms with van der Waals surface area (Å²) < 4.78 is 13.5. The van der Waals surface area contributed by atoms with Gasteiger partial charge in [0, 0.05) is 13.1 Å². The zero-order chi connectivity index (χ0) is 11.5. The predicted octanol–water partition coefficient (Wildman–Crippen LogP) is 1.20. The van der Waals surface area contributed by atoms with Gasteiger partial charge >= 0.3 is 0 Å². The number of hydrazine groups is 1. The lowest BCUT2D eigenvalue weighted by Crippen LogP contribution is -2.31. The second-order valence-corrected chi connectivity index (χ2v) is 3.96. The highest BCUT2D eigenvalue weighted by Gasteiger charge is 2.17. The molecule has 0 saturated carbocycles. The highest BCUT2D eigenvalue weighted by atomic mass is 19.1. The summed E-state index contributed by atoms with van der Waals surface area (Å²) in [5, 5.41) is 0. The minimum absolute atomic E-state index is 0.0630. The van der Waals surface area contributed by atoms with E-state index in [1.165, 1.54) is 6.42 Å². The van der Waals surface area contributed by atoms with Crippen molar-refractivity contribution in [1.82, 2.24) is 9.97 Å². The highest BCUT2D eigenvalue weighted by Crippen LogP contribution is 2.20. The molecule has 1 aromatic heterocycles. The van der Waals surface area contributed by atoms with Crippen LogP contribution in [-0.2, 0) is 0 Å². The number of rotatable bonds is 2. The molecule has 2 rings (SSSR count). The van der Waals surface area contributed by atoms with E-state index in [1.807, 2.05) is 0 Å². The van der Waals surface area contributed by atoms with Crippen molar-refractivity contribution >= 4 is 11.8 Å². The lowest BCUT2D eigenvalue weighted by molar-refractivity contribution is 0.560. The molecule has 1 fully saturated rings. The monoisotopic (exact) mass is 225 g/mol. The largest absolute Gasteiger partial charge is 0.341 e. The molecule has 0 unspecified atom stereocenters. The minimum atomic E-state index is -0.483. The Balaban J connectivity index is 2.29. The van der Waals surface area contributed by atoms with Gasteiger partial charge < -0.3 is 10.3 Å². The second kappa shape index (κ2) is 4.61. The van der Waals surface area contributed by atoms with Crippen molar-refractivity contribution in [3.63, 3.8) is 0 Å². The molecule has 2 heterocycles. The summed E-state index contributed by atoms with van der Waals surface area (Å²) in [5.74, 6) is 5.36. The molecule has 1 saturated heterocycles. The number of nitrogens with one attached hydrogen (secondary N) is 1. The van der Waals surface area contributed by atoms with Gasteiger partial charge in [0.25, 0.3) is 0 Å². The summed E-state index contributed by atoms with van der Waals surface area (Å²) in [4.78, 5) is 10.3. The van der Waals surface area contributed by atoms with Crippen LogP contribution in [0.25, 0.3) is 0 Å². The average Bonchev–Trinajstić information content (AvgIpc) is 2.33. The maximum Gasteiger partial charge on any atom is 0.227 e. The van der Waals surface area contributed by atoms with Crippen molar-refractivity contribution < 1.29 is 4.39 Å². The summed E-state index contributed by atoms with van der Waals surface area (Å²) in [6.45, 7) is 3.47. The maximum absolute atomic E-state index is 13.5. The van der Waals surface area contributed by atoms with Gasteiger partial charge in [-0.1, -0.05) is 0 Å². The molecule has 3 N–H and O–H groups in total. The highest BCUT2D eigenvalue weighted by molar-refractivity contribution is 5.44. The van der Waals surface area contributed by atoms with E-state index in [0.29, 0.717) is 11.6 Å². The number of hydrogen-bond acceptors (Lipinski definition) is 5. The Morgan fingerprint density at radius 2 is 1.94 bits per heavy atom. The van der Waals surface area contributed by atoms with Crippen LogP contribution in [0.2, 0.25) is 0 Å². The van der Waals surface area contributed by atoms with Crippen LogP contribution in [0.3, 0.4) is 0 Å². The lowest BCUT2D eigenvalue weighted by atomic mass is 10.1. The van der Waals surface area contributed by atoms with Gasteiger partial charge in [-0.05, 0) is 26.2 Å². The Morgan fingerprint density at radius 3 is 2.56 bits per heavy atom. The Labute approximate surface area is 93.8 Å². The van der Waals surface area contributed by atoms with E-state index in [0.717, 1.165) is 25.9 Å². The molecule has 0 aliphatic carbocycles. The third-order valence-electron chi connectivity index (χ3n) is 2.78. The van der Waals surface area contributed by atoms with Gasteiger partial charge in [0.05, 0.1) is 5.69 Å². The van der Waals surface area contributed by atoms with Crippen molar-refractivity contribution in [3.8, 4) is 0 Å². The number of aromatic nitrogens is 2. The Hall–Kier alpha value is -1.43. The first-order chi connectivity index (χ1) is 7.72. The fourth-order valence-corrected chi connectivity index (χ4v) is 1.88. The first-order valence-electron chi connectivity index (χ1n) is 5.48. The van der Waals surface area contributed by atoms with Crippen LogP contribution < -0.4 is 16.2 Å². The molecule has 1 aromatic rings. The molecule has 16 heavy (non-hydrogen) atoms. The number of nitrogens with two attached hydrogens (primary N) is 1. The molecule has 1 aliphatic rings. The summed E-state index contributed by atoms with van der Waals surface area (Å²) in [7, 11) is 0. The average molecular weight is 225 g/mol. The molecule has 0 amide bonds. The molecular formula is C10H16FN5. The van der Waals surface area contributed by atoms with Gasteiger partial charge in [0.15, 0.2) is 11.6 Å². The van der Waals surface area contributed by atoms with E-state index in [4.69, 9.17) is 5.84 Å². The standard InChI is InChI=1S/C10H16FN5/c1-7-8(11)9(15-12)14-10(13-7)16-5-3-2-4-6-16/h2-6,12H2,1H3,(H,13,14,15). The smallest absolute Gasteiger partial charge is 0.227 e.